The van der Waals surface area contributed by atoms with Crippen LogP contribution in [-0.4, -0.2) is 127 Å². The molecule has 6 aliphatic rings. The number of hydrogen-bond acceptors (Lipinski definition) is 14. The van der Waals surface area contributed by atoms with Crippen molar-refractivity contribution >= 4 is 49.6 Å². The van der Waals surface area contributed by atoms with Crippen LogP contribution in [0.2, 0.25) is 0 Å². The number of fused-ring (bicyclic) bond motifs is 6. The lowest BCUT2D eigenvalue weighted by Crippen LogP contribution is -2.43. The monoisotopic (exact) mass is 1380 g/mol. The molecule has 1 saturated heterocycles. The molecule has 5 aromatic carbocycles. The van der Waals surface area contributed by atoms with Crippen molar-refractivity contribution in [2.75, 3.05) is 65.1 Å². The molecular weight excluding hydrogens is 1280 g/mol. The first-order valence-corrected chi connectivity index (χ1v) is 37.2. The largest absolute Gasteiger partial charge is 0.497 e. The van der Waals surface area contributed by atoms with E-state index in [0.29, 0.717) is 31.0 Å². The molecule has 0 bridgehead atoms. The summed E-state index contributed by atoms with van der Waals surface area (Å²) in [6.07, 6.45) is 16.4. The van der Waals surface area contributed by atoms with Gasteiger partial charge in [-0.3, -0.25) is 23.9 Å². The maximum atomic E-state index is 13.9. The van der Waals surface area contributed by atoms with Crippen LogP contribution in [0.25, 0.3) is 12.2 Å². The summed E-state index contributed by atoms with van der Waals surface area (Å²) in [5.41, 5.74) is 12.2. The second-order valence-electron chi connectivity index (χ2n) is 28.1. The maximum Gasteiger partial charge on any atom is 0.330 e. The SMILES string of the molecule is COc1ccc(C(OCC2O[C@@H](n3cc(/C=C/C(=O)NCCCCCCNC(=O)CCCCc4cccc5c4C(C)(C)C4=[N+]5CCC5Oc6c(cc7c8c6CCCN8CCC7)C=C45)c(=O)[nH]c3=O)C[C@H]2OP(OCCC#N)N(C(C)C)C(C)C)(c2ccccc2)c2ccc(OC)cc2)cc1. The highest BCUT2D eigenvalue weighted by molar-refractivity contribution is 7.44. The summed E-state index contributed by atoms with van der Waals surface area (Å²) in [5, 5.41) is 15.6. The fourth-order valence-electron chi connectivity index (χ4n) is 15.9. The lowest BCUT2D eigenvalue weighted by Gasteiger charge is -2.40. The topological polar surface area (TPSA) is 211 Å². The number of nitrogens with one attached hydrogen (secondary N) is 3. The third-order valence-corrected chi connectivity index (χ3v) is 22.6. The van der Waals surface area contributed by atoms with Gasteiger partial charge >= 0.3 is 5.69 Å². The molecule has 0 aliphatic carbocycles. The quantitative estimate of drug-likeness (QED) is 0.0122. The molecule has 2 amide bonds. The molecule has 1 fully saturated rings. The number of carbonyl (C=O) groups excluding carboxylic acids is 2. The molecule has 100 heavy (non-hydrogen) atoms. The van der Waals surface area contributed by atoms with Gasteiger partial charge in [-0.25, -0.2) is 9.46 Å². The zero-order valence-corrected chi connectivity index (χ0v) is 60.2. The van der Waals surface area contributed by atoms with Gasteiger partial charge in [-0.1, -0.05) is 79.6 Å². The van der Waals surface area contributed by atoms with E-state index in [1.807, 2.05) is 78.9 Å². The van der Waals surface area contributed by atoms with Crippen LogP contribution in [0, 0.1) is 11.3 Å². The Balaban J connectivity index is 0.630. The number of carbonyl (C=O) groups is 2. The van der Waals surface area contributed by atoms with Gasteiger partial charge in [0.15, 0.2) is 12.3 Å². The van der Waals surface area contributed by atoms with E-state index < -0.39 is 49.7 Å². The molecule has 528 valence electrons. The Kier molecular flexibility index (Phi) is 23.1. The van der Waals surface area contributed by atoms with E-state index in [1.165, 1.54) is 86.2 Å². The van der Waals surface area contributed by atoms with Crippen molar-refractivity contribution in [2.45, 2.75) is 185 Å². The third-order valence-electron chi connectivity index (χ3n) is 20.5. The van der Waals surface area contributed by atoms with E-state index >= 15 is 0 Å². The summed E-state index contributed by atoms with van der Waals surface area (Å²) in [7, 11) is 1.45. The van der Waals surface area contributed by atoms with Crippen LogP contribution in [0.5, 0.6) is 17.2 Å². The molecule has 19 nitrogen and oxygen atoms in total. The highest BCUT2D eigenvalue weighted by Gasteiger charge is 2.54. The zero-order valence-electron chi connectivity index (χ0n) is 59.3. The summed E-state index contributed by atoms with van der Waals surface area (Å²) < 4.78 is 51.9. The Labute approximate surface area is 589 Å². The Morgan fingerprint density at radius 1 is 0.860 bits per heavy atom. The van der Waals surface area contributed by atoms with E-state index in [2.05, 4.69) is 108 Å². The van der Waals surface area contributed by atoms with Gasteiger partial charge < -0.3 is 48.3 Å². The van der Waals surface area contributed by atoms with E-state index in [1.54, 1.807) is 14.2 Å². The number of amides is 2. The van der Waals surface area contributed by atoms with E-state index in [9.17, 15) is 24.4 Å². The normalized spacial score (nSPS) is 19.1. The van der Waals surface area contributed by atoms with Gasteiger partial charge in [0, 0.05) is 98.2 Å². The molecule has 6 aromatic rings. The summed E-state index contributed by atoms with van der Waals surface area (Å²) in [6, 6.07) is 36.7. The molecule has 7 heterocycles. The summed E-state index contributed by atoms with van der Waals surface area (Å²) in [6.45, 7) is 17.3. The van der Waals surface area contributed by atoms with Gasteiger partial charge in [0.25, 0.3) is 14.1 Å². The summed E-state index contributed by atoms with van der Waals surface area (Å²) in [4.78, 5) is 58.7. The second kappa shape index (κ2) is 32.2. The fourth-order valence-corrected chi connectivity index (χ4v) is 17.7. The minimum absolute atomic E-state index is 0.00659. The number of hydrogen-bond donors (Lipinski definition) is 3. The van der Waals surface area contributed by atoms with Crippen molar-refractivity contribution in [2.24, 2.45) is 0 Å². The van der Waals surface area contributed by atoms with Gasteiger partial charge in [0.1, 0.15) is 41.3 Å². The molecular formula is C80H98N8O11P+. The number of anilines is 1. The lowest BCUT2D eigenvalue weighted by molar-refractivity contribution is -0.444. The Hall–Kier alpha value is -8.21. The number of benzene rings is 5. The average Bonchev–Trinajstić information content (AvgIpc) is 1.50. The highest BCUT2D eigenvalue weighted by Crippen LogP contribution is 2.53. The molecule has 5 atom stereocenters. The first-order valence-electron chi connectivity index (χ1n) is 36.1. The fraction of sp³-hybridized carbons (Fsp3) is 0.475. The number of rotatable bonds is 31. The number of H-pyrrole nitrogens is 1. The summed E-state index contributed by atoms with van der Waals surface area (Å²) in [5.74, 6) is 2.15. The molecule has 3 unspecified atom stereocenters. The van der Waals surface area contributed by atoms with E-state index in [-0.39, 0.29) is 61.1 Å². The first-order chi connectivity index (χ1) is 48.5. The van der Waals surface area contributed by atoms with Crippen molar-refractivity contribution < 1.29 is 46.9 Å². The van der Waals surface area contributed by atoms with E-state index in [4.69, 9.17) is 32.7 Å². The maximum absolute atomic E-state index is 13.9. The highest BCUT2D eigenvalue weighted by atomic mass is 31.2. The van der Waals surface area contributed by atoms with Crippen molar-refractivity contribution in [3.63, 3.8) is 0 Å². The molecule has 12 rings (SSSR count). The van der Waals surface area contributed by atoms with Gasteiger partial charge in [-0.2, -0.15) is 9.84 Å². The van der Waals surface area contributed by atoms with Crippen LogP contribution in [0.3, 0.4) is 0 Å². The molecule has 20 heteroatoms. The van der Waals surface area contributed by atoms with Crippen molar-refractivity contribution in [1.29, 1.82) is 5.26 Å². The van der Waals surface area contributed by atoms with Crippen LogP contribution >= 0.6 is 8.53 Å². The first kappa shape index (κ1) is 71.6. The number of aromatic nitrogens is 2. The minimum atomic E-state index is -1.79. The predicted octanol–water partition coefficient (Wildman–Crippen LogP) is 13.1. The number of unbranched alkanes of at least 4 members (excludes halogenated alkanes) is 4. The van der Waals surface area contributed by atoms with Gasteiger partial charge in [0.2, 0.25) is 17.5 Å². The third kappa shape index (κ3) is 15.3. The summed E-state index contributed by atoms with van der Waals surface area (Å²) >= 11 is 0. The lowest BCUT2D eigenvalue weighted by atomic mass is 9.73. The number of nitrogens with zero attached hydrogens (tertiary/aromatic N) is 5. The molecule has 0 saturated carbocycles. The van der Waals surface area contributed by atoms with Crippen LogP contribution in [0.1, 0.15) is 175 Å². The predicted molar refractivity (Wildman–Crippen MR) is 391 cm³/mol. The van der Waals surface area contributed by atoms with Gasteiger partial charge in [-0.05, 0) is 170 Å². The number of nitriles is 1. The number of aryl methyl sites for hydroxylation is 2. The molecule has 6 aliphatic heterocycles. The second-order valence-corrected chi connectivity index (χ2v) is 29.5. The van der Waals surface area contributed by atoms with E-state index in [0.717, 1.165) is 106 Å². The minimum Gasteiger partial charge on any atom is -0.497 e. The number of aromatic amines is 1. The standard InChI is InChI=1S/C80H97N8O11P/c1-53(2)88(54(3)4)100(96-47-21-41-81)99-68-50-72(97-69(68)52-95-80(59-25-12-11-13-26-59,60-31-35-62(93-7)36-32-60)61-33-37-63(94-8)38-34-61)87-51-57(77(91)84-78(87)92)30-39-71(90)83-43-17-10-9-16-42-82-70(89)29-15-14-22-55-23-18-28-66-73(55)79(5,6)76-65-49-58-48-56-24-19-44-85-45-20-27-64(74(56)85)75(58)98-67(65)40-46-86(66)76/h11-13,18,23,25-26,28,30-39,48-49,51,53-54,67-69,72H,9-10,14-17,19-22,24,27,29,40,42-47,50,52H2,1-8H3,(H2-,82,83,84,89,90,91,92)/p+1/b39-30+/t67?,68-,69?,72-,100?/m1/s1. The van der Waals surface area contributed by atoms with Crippen LogP contribution in [0.4, 0.5) is 11.4 Å². The Bertz CT molecular complexity index is 4100. The van der Waals surface area contributed by atoms with Gasteiger partial charge in [0.05, 0.1) is 62.6 Å². The van der Waals surface area contributed by atoms with Crippen LogP contribution in [-0.2, 0) is 58.4 Å². The van der Waals surface area contributed by atoms with Crippen molar-refractivity contribution in [1.82, 2.24) is 24.9 Å². The number of methoxy groups -OCH3 is 2. The zero-order chi connectivity index (χ0) is 70.1. The van der Waals surface area contributed by atoms with Crippen molar-refractivity contribution in [3.05, 3.63) is 192 Å². The van der Waals surface area contributed by atoms with Crippen molar-refractivity contribution in [3.8, 4) is 23.3 Å². The Morgan fingerprint density at radius 3 is 2.24 bits per heavy atom. The van der Waals surface area contributed by atoms with Crippen LogP contribution in [0.15, 0.2) is 131 Å². The van der Waals surface area contributed by atoms with Gasteiger partial charge in [-0.15, -0.1) is 0 Å². The Morgan fingerprint density at radius 2 is 1.55 bits per heavy atom. The average molecular weight is 1380 g/mol. The molecule has 3 N–H and O–H groups in total. The smallest absolute Gasteiger partial charge is 0.330 e. The number of ether oxygens (including phenoxy) is 5. The molecule has 0 radical (unpaired) electrons. The molecule has 1 aromatic heterocycles. The molecule has 0 spiro atoms. The van der Waals surface area contributed by atoms with Crippen LogP contribution < -0.4 is 41.0 Å².